The van der Waals surface area contributed by atoms with Crippen molar-refractivity contribution in [2.24, 2.45) is 0 Å². The van der Waals surface area contributed by atoms with Crippen LogP contribution < -0.4 is 0 Å². The minimum Gasteiger partial charge on any atom is -0.395 e. The Balaban J connectivity index is 1.99. The van der Waals surface area contributed by atoms with Gasteiger partial charge < -0.3 is 9.63 Å². The second-order valence-corrected chi connectivity index (χ2v) is 4.80. The molecule has 0 amide bonds. The molecule has 1 aliphatic rings. The van der Waals surface area contributed by atoms with Crippen molar-refractivity contribution < 1.29 is 14.0 Å². The Morgan fingerprint density at radius 1 is 1.59 bits per heavy atom. The maximum absolute atomic E-state index is 13.2. The highest BCUT2D eigenvalue weighted by Gasteiger charge is 2.32. The van der Waals surface area contributed by atoms with E-state index in [9.17, 15) is 4.39 Å². The first-order valence-electron chi connectivity index (χ1n) is 5.91. The quantitative estimate of drug-likeness (QED) is 0.858. The van der Waals surface area contributed by atoms with Crippen LogP contribution in [0.15, 0.2) is 4.52 Å². The molecule has 0 radical (unpaired) electrons. The zero-order valence-corrected chi connectivity index (χ0v) is 10.1. The van der Waals surface area contributed by atoms with E-state index in [0.29, 0.717) is 31.2 Å². The van der Waals surface area contributed by atoms with E-state index in [4.69, 9.17) is 9.63 Å². The lowest BCUT2D eigenvalue weighted by Gasteiger charge is -2.19. The summed E-state index contributed by atoms with van der Waals surface area (Å²) in [7, 11) is 0. The predicted octanol–water partition coefficient (Wildman–Crippen LogP) is 1.10. The lowest BCUT2D eigenvalue weighted by molar-refractivity contribution is 0.140. The molecule has 1 aromatic rings. The largest absolute Gasteiger partial charge is 0.395 e. The Morgan fingerprint density at radius 3 is 2.94 bits per heavy atom. The second-order valence-electron chi connectivity index (χ2n) is 4.80. The van der Waals surface area contributed by atoms with Gasteiger partial charge in [0.05, 0.1) is 13.2 Å². The van der Waals surface area contributed by atoms with Gasteiger partial charge in [-0.1, -0.05) is 19.0 Å². The van der Waals surface area contributed by atoms with Gasteiger partial charge in [-0.15, -0.1) is 0 Å². The smallest absolute Gasteiger partial charge is 0.240 e. The van der Waals surface area contributed by atoms with Gasteiger partial charge in [0, 0.05) is 18.5 Å². The molecule has 2 heterocycles. The molecule has 0 spiro atoms. The number of nitrogens with zero attached hydrogens (tertiary/aromatic N) is 3. The van der Waals surface area contributed by atoms with E-state index in [-0.39, 0.29) is 18.6 Å². The molecule has 0 aromatic carbocycles. The van der Waals surface area contributed by atoms with Crippen molar-refractivity contribution in [2.45, 2.75) is 44.9 Å². The van der Waals surface area contributed by atoms with E-state index in [2.05, 4.69) is 10.1 Å². The molecule has 1 saturated heterocycles. The fourth-order valence-corrected chi connectivity index (χ4v) is 2.05. The van der Waals surface area contributed by atoms with E-state index >= 15 is 0 Å². The van der Waals surface area contributed by atoms with E-state index in [1.807, 2.05) is 18.7 Å². The average Bonchev–Trinajstić information content (AvgIpc) is 2.86. The summed E-state index contributed by atoms with van der Waals surface area (Å²) in [5, 5.41) is 13.0. The second kappa shape index (κ2) is 5.10. The van der Waals surface area contributed by atoms with Gasteiger partial charge in [0.2, 0.25) is 5.89 Å². The van der Waals surface area contributed by atoms with Gasteiger partial charge in [-0.05, 0) is 6.42 Å². The summed E-state index contributed by atoms with van der Waals surface area (Å²) in [6.45, 7) is 4.67. The molecule has 6 heteroatoms. The molecule has 0 saturated carbocycles. The number of alkyl halides is 1. The summed E-state index contributed by atoms with van der Waals surface area (Å²) in [5.41, 5.74) is 0. The Morgan fingerprint density at radius 2 is 2.35 bits per heavy atom. The Hall–Kier alpha value is -1.01. The lowest BCUT2D eigenvalue weighted by atomic mass is 10.2. The van der Waals surface area contributed by atoms with Crippen molar-refractivity contribution in [3.05, 3.63) is 11.7 Å². The highest BCUT2D eigenvalue weighted by Crippen LogP contribution is 2.22. The summed E-state index contributed by atoms with van der Waals surface area (Å²) in [4.78, 5) is 6.09. The Labute approximate surface area is 99.6 Å². The Bertz CT molecular complexity index is 369. The first-order valence-corrected chi connectivity index (χ1v) is 5.91. The summed E-state index contributed by atoms with van der Waals surface area (Å²) >= 11 is 0. The zero-order valence-electron chi connectivity index (χ0n) is 10.1. The molecule has 1 aromatic heterocycles. The molecule has 5 nitrogen and oxygen atoms in total. The van der Waals surface area contributed by atoms with Crippen molar-refractivity contribution in [2.75, 3.05) is 13.2 Å². The standard InChI is InChI=1S/C11H18FN3O2/c1-7(2)11-13-10(17-14-11)5-15-4-8(12)3-9(15)6-16/h7-9,16H,3-6H2,1-2H3/t8-,9-/m0/s1. The van der Waals surface area contributed by atoms with Crippen molar-refractivity contribution in [1.29, 1.82) is 0 Å². The van der Waals surface area contributed by atoms with Crippen molar-refractivity contribution in [3.8, 4) is 0 Å². The Kier molecular flexibility index (Phi) is 3.73. The molecule has 17 heavy (non-hydrogen) atoms. The van der Waals surface area contributed by atoms with Gasteiger partial charge >= 0.3 is 0 Å². The first kappa shape index (κ1) is 12.4. The molecular formula is C11H18FN3O2. The van der Waals surface area contributed by atoms with Crippen molar-refractivity contribution in [1.82, 2.24) is 15.0 Å². The third-order valence-corrected chi connectivity index (χ3v) is 3.03. The van der Waals surface area contributed by atoms with Crippen LogP contribution >= 0.6 is 0 Å². The summed E-state index contributed by atoms with van der Waals surface area (Å²) in [6, 6.07) is -0.139. The number of halogens is 1. The normalized spacial score (nSPS) is 25.9. The molecule has 2 rings (SSSR count). The minimum atomic E-state index is -0.875. The molecule has 0 bridgehead atoms. The van der Waals surface area contributed by atoms with E-state index < -0.39 is 6.17 Å². The number of likely N-dealkylation sites (tertiary alicyclic amines) is 1. The SMILES string of the molecule is CC(C)c1noc(CN2C[C@@H](F)C[C@H]2CO)n1. The van der Waals surface area contributed by atoms with Gasteiger partial charge in [-0.25, -0.2) is 4.39 Å². The first-order chi connectivity index (χ1) is 8.10. The maximum Gasteiger partial charge on any atom is 0.240 e. The minimum absolute atomic E-state index is 0.0361. The van der Waals surface area contributed by atoms with E-state index in [1.165, 1.54) is 0 Å². The van der Waals surface area contributed by atoms with Crippen LogP contribution in [0.3, 0.4) is 0 Å². The fourth-order valence-electron chi connectivity index (χ4n) is 2.05. The van der Waals surface area contributed by atoms with Crippen LogP contribution in [0.4, 0.5) is 4.39 Å². The van der Waals surface area contributed by atoms with E-state index in [0.717, 1.165) is 0 Å². The van der Waals surface area contributed by atoms with E-state index in [1.54, 1.807) is 0 Å². The van der Waals surface area contributed by atoms with Gasteiger partial charge in [-0.3, -0.25) is 4.90 Å². The van der Waals surface area contributed by atoms with Crippen LogP contribution in [0.2, 0.25) is 0 Å². The number of aliphatic hydroxyl groups excluding tert-OH is 1. The topological polar surface area (TPSA) is 62.4 Å². The molecule has 1 aliphatic heterocycles. The van der Waals surface area contributed by atoms with Crippen LogP contribution in [0.25, 0.3) is 0 Å². The molecule has 0 aliphatic carbocycles. The predicted molar refractivity (Wildman–Crippen MR) is 59.2 cm³/mol. The monoisotopic (exact) mass is 243 g/mol. The van der Waals surface area contributed by atoms with Gasteiger partial charge in [0.25, 0.3) is 0 Å². The number of aliphatic hydroxyl groups is 1. The number of rotatable bonds is 4. The van der Waals surface area contributed by atoms with Crippen LogP contribution in [-0.4, -0.2) is 45.5 Å². The molecule has 96 valence electrons. The van der Waals surface area contributed by atoms with Crippen molar-refractivity contribution >= 4 is 0 Å². The van der Waals surface area contributed by atoms with Gasteiger partial charge in [0.1, 0.15) is 6.17 Å². The maximum atomic E-state index is 13.2. The molecule has 1 N–H and O–H groups in total. The van der Waals surface area contributed by atoms with Gasteiger partial charge in [0.15, 0.2) is 5.82 Å². The van der Waals surface area contributed by atoms with Crippen LogP contribution in [0.1, 0.15) is 37.9 Å². The lowest BCUT2D eigenvalue weighted by Crippen LogP contribution is -2.31. The summed E-state index contributed by atoms with van der Waals surface area (Å²) < 4.78 is 18.3. The van der Waals surface area contributed by atoms with Crippen LogP contribution in [0, 0.1) is 0 Å². The highest BCUT2D eigenvalue weighted by molar-refractivity contribution is 4.94. The molecule has 1 fully saturated rings. The number of aromatic nitrogens is 2. The number of hydrogen-bond donors (Lipinski definition) is 1. The third-order valence-electron chi connectivity index (χ3n) is 3.03. The van der Waals surface area contributed by atoms with Crippen LogP contribution in [0.5, 0.6) is 0 Å². The third kappa shape index (κ3) is 2.81. The zero-order chi connectivity index (χ0) is 12.4. The number of hydrogen-bond acceptors (Lipinski definition) is 5. The molecule has 2 atom stereocenters. The molecule has 0 unspecified atom stereocenters. The van der Waals surface area contributed by atoms with Crippen LogP contribution in [-0.2, 0) is 6.54 Å². The molecular weight excluding hydrogens is 225 g/mol. The summed E-state index contributed by atoms with van der Waals surface area (Å²) in [5.74, 6) is 1.37. The highest BCUT2D eigenvalue weighted by atomic mass is 19.1. The van der Waals surface area contributed by atoms with Gasteiger partial charge in [-0.2, -0.15) is 4.98 Å². The fraction of sp³-hybridized carbons (Fsp3) is 0.818. The summed E-state index contributed by atoms with van der Waals surface area (Å²) in [6.07, 6.45) is -0.499. The van der Waals surface area contributed by atoms with Crippen molar-refractivity contribution in [3.63, 3.8) is 0 Å². The average molecular weight is 243 g/mol.